The van der Waals surface area contributed by atoms with Gasteiger partial charge in [0.15, 0.2) is 0 Å². The van der Waals surface area contributed by atoms with Crippen LogP contribution in [0.3, 0.4) is 0 Å². The maximum Gasteiger partial charge on any atom is 0.270 e. The maximum absolute atomic E-state index is 12.7. The smallest absolute Gasteiger partial charge is 0.270 e. The third-order valence-corrected chi connectivity index (χ3v) is 6.54. The topological polar surface area (TPSA) is 87.2 Å². The minimum absolute atomic E-state index is 0.0379. The predicted octanol–water partition coefficient (Wildman–Crippen LogP) is 2.22. The number of hydrogen-bond acceptors (Lipinski definition) is 5. The fourth-order valence-corrected chi connectivity index (χ4v) is 4.55. The van der Waals surface area contributed by atoms with Gasteiger partial charge >= 0.3 is 0 Å². The fraction of sp³-hybridized carbons (Fsp3) is 0.500. The Balaban J connectivity index is 1.21. The molecule has 7 nitrogen and oxygen atoms in total. The second-order valence-corrected chi connectivity index (χ2v) is 8.80. The van der Waals surface area contributed by atoms with Crippen LogP contribution in [0.25, 0.3) is 0 Å². The van der Waals surface area contributed by atoms with Crippen molar-refractivity contribution in [2.75, 3.05) is 31.1 Å². The van der Waals surface area contributed by atoms with E-state index in [4.69, 9.17) is 4.98 Å². The third-order valence-electron chi connectivity index (χ3n) is 6.54. The zero-order chi connectivity index (χ0) is 21.2. The zero-order valence-electron chi connectivity index (χ0n) is 17.8. The molecule has 0 radical (unpaired) electrons. The maximum atomic E-state index is 12.7. The lowest BCUT2D eigenvalue weighted by molar-refractivity contribution is -0.125. The van der Waals surface area contributed by atoms with E-state index < -0.39 is 0 Å². The van der Waals surface area contributed by atoms with Crippen molar-refractivity contribution in [3.63, 3.8) is 0 Å². The molecule has 2 aliphatic heterocycles. The molecule has 1 aromatic heterocycles. The average molecular weight is 420 g/mol. The molecule has 1 saturated heterocycles. The van der Waals surface area contributed by atoms with Gasteiger partial charge in [-0.2, -0.15) is 0 Å². The molecule has 3 heterocycles. The summed E-state index contributed by atoms with van der Waals surface area (Å²) in [5.74, 6) is 2.23. The van der Waals surface area contributed by atoms with Crippen LogP contribution in [0.1, 0.15) is 59.0 Å². The molecule has 1 aromatic carbocycles. The van der Waals surface area contributed by atoms with E-state index in [1.165, 1.54) is 5.56 Å². The van der Waals surface area contributed by atoms with Gasteiger partial charge in [-0.1, -0.05) is 30.3 Å². The number of amides is 2. The highest BCUT2D eigenvalue weighted by molar-refractivity contribution is 5.96. The Morgan fingerprint density at radius 1 is 1.10 bits per heavy atom. The summed E-state index contributed by atoms with van der Waals surface area (Å²) in [7, 11) is 0. The number of piperidine rings is 1. The molecule has 2 fully saturated rings. The lowest BCUT2D eigenvalue weighted by atomic mass is 9.95. The first-order chi connectivity index (χ1) is 15.2. The van der Waals surface area contributed by atoms with Crippen molar-refractivity contribution in [1.82, 2.24) is 20.6 Å². The summed E-state index contributed by atoms with van der Waals surface area (Å²) < 4.78 is 0. The fourth-order valence-electron chi connectivity index (χ4n) is 4.55. The van der Waals surface area contributed by atoms with Crippen molar-refractivity contribution in [1.29, 1.82) is 0 Å². The van der Waals surface area contributed by atoms with Gasteiger partial charge in [0, 0.05) is 43.6 Å². The Labute approximate surface area is 182 Å². The van der Waals surface area contributed by atoms with Crippen LogP contribution >= 0.6 is 0 Å². The summed E-state index contributed by atoms with van der Waals surface area (Å²) in [5.41, 5.74) is 2.76. The van der Waals surface area contributed by atoms with Gasteiger partial charge in [-0.05, 0) is 44.1 Å². The number of carbonyl (C=O) groups excluding carboxylic acids is 2. The van der Waals surface area contributed by atoms with E-state index in [9.17, 15) is 9.59 Å². The highest BCUT2D eigenvalue weighted by Crippen LogP contribution is 2.40. The molecule has 2 amide bonds. The molecule has 0 unspecified atom stereocenters. The summed E-state index contributed by atoms with van der Waals surface area (Å²) in [4.78, 5) is 36.8. The predicted molar refractivity (Wildman–Crippen MR) is 118 cm³/mol. The number of nitrogens with one attached hydrogen (secondary N) is 2. The van der Waals surface area contributed by atoms with Crippen LogP contribution in [-0.4, -0.2) is 48.0 Å². The summed E-state index contributed by atoms with van der Waals surface area (Å²) in [5, 5.41) is 6.02. The molecule has 0 bridgehead atoms. The van der Waals surface area contributed by atoms with Crippen LogP contribution in [-0.2, 0) is 17.6 Å². The Kier molecular flexibility index (Phi) is 5.57. The Bertz CT molecular complexity index is 965. The lowest BCUT2D eigenvalue weighted by Crippen LogP contribution is -2.42. The van der Waals surface area contributed by atoms with E-state index in [1.54, 1.807) is 0 Å². The van der Waals surface area contributed by atoms with Gasteiger partial charge < -0.3 is 15.5 Å². The van der Waals surface area contributed by atoms with Crippen LogP contribution in [0.5, 0.6) is 0 Å². The SMILES string of the molecule is O=C1NCCc2c1nc(C1CC1)nc2N1CCC(C(=O)NCCc2ccccc2)CC1. The van der Waals surface area contributed by atoms with Crippen molar-refractivity contribution < 1.29 is 9.59 Å². The first-order valence-electron chi connectivity index (χ1n) is 11.4. The van der Waals surface area contributed by atoms with Crippen LogP contribution in [0.15, 0.2) is 30.3 Å². The quantitative estimate of drug-likeness (QED) is 0.750. The van der Waals surface area contributed by atoms with Crippen molar-refractivity contribution in [3.8, 4) is 0 Å². The summed E-state index contributed by atoms with van der Waals surface area (Å²) in [6, 6.07) is 10.2. The molecular weight excluding hydrogens is 390 g/mol. The van der Waals surface area contributed by atoms with Gasteiger partial charge in [-0.3, -0.25) is 9.59 Å². The molecule has 1 saturated carbocycles. The normalized spacial score (nSPS) is 19.0. The lowest BCUT2D eigenvalue weighted by Gasteiger charge is -2.34. The van der Waals surface area contributed by atoms with E-state index in [1.807, 2.05) is 18.2 Å². The second-order valence-electron chi connectivity index (χ2n) is 8.80. The van der Waals surface area contributed by atoms with E-state index in [2.05, 4.69) is 32.7 Å². The first-order valence-corrected chi connectivity index (χ1v) is 11.4. The van der Waals surface area contributed by atoms with Crippen molar-refractivity contribution in [2.45, 2.75) is 44.4 Å². The molecule has 2 aromatic rings. The van der Waals surface area contributed by atoms with Gasteiger partial charge in [-0.15, -0.1) is 0 Å². The highest BCUT2D eigenvalue weighted by atomic mass is 16.2. The molecule has 3 aliphatic rings. The molecular formula is C24H29N5O2. The van der Waals surface area contributed by atoms with E-state index in [0.29, 0.717) is 24.7 Å². The van der Waals surface area contributed by atoms with E-state index in [0.717, 1.165) is 68.8 Å². The minimum Gasteiger partial charge on any atom is -0.356 e. The first kappa shape index (κ1) is 20.0. The number of rotatable bonds is 6. The van der Waals surface area contributed by atoms with Gasteiger partial charge in [0.1, 0.15) is 17.3 Å². The van der Waals surface area contributed by atoms with E-state index in [-0.39, 0.29) is 17.7 Å². The molecule has 0 atom stereocenters. The van der Waals surface area contributed by atoms with Crippen LogP contribution in [0.4, 0.5) is 5.82 Å². The number of anilines is 1. The van der Waals surface area contributed by atoms with Crippen molar-refractivity contribution in [2.24, 2.45) is 5.92 Å². The van der Waals surface area contributed by atoms with Gasteiger partial charge in [0.2, 0.25) is 5.91 Å². The zero-order valence-corrected chi connectivity index (χ0v) is 17.8. The highest BCUT2D eigenvalue weighted by Gasteiger charge is 2.34. The number of aromatic nitrogens is 2. The number of hydrogen-bond donors (Lipinski definition) is 2. The second kappa shape index (κ2) is 8.65. The summed E-state index contributed by atoms with van der Waals surface area (Å²) in [6.45, 7) is 2.87. The number of fused-ring (bicyclic) bond motifs is 1. The molecule has 31 heavy (non-hydrogen) atoms. The minimum atomic E-state index is -0.0838. The van der Waals surface area contributed by atoms with Gasteiger partial charge in [0.25, 0.3) is 5.91 Å². The van der Waals surface area contributed by atoms with Crippen LogP contribution in [0.2, 0.25) is 0 Å². The number of carbonyl (C=O) groups is 2. The molecule has 0 spiro atoms. The van der Waals surface area contributed by atoms with Crippen molar-refractivity contribution in [3.05, 3.63) is 53.0 Å². The van der Waals surface area contributed by atoms with Crippen LogP contribution in [0, 0.1) is 5.92 Å². The van der Waals surface area contributed by atoms with Crippen molar-refractivity contribution >= 4 is 17.6 Å². The largest absolute Gasteiger partial charge is 0.356 e. The summed E-state index contributed by atoms with van der Waals surface area (Å²) in [6.07, 6.45) is 5.43. The number of benzene rings is 1. The molecule has 5 rings (SSSR count). The molecule has 2 N–H and O–H groups in total. The van der Waals surface area contributed by atoms with Gasteiger partial charge in [-0.25, -0.2) is 9.97 Å². The molecule has 7 heteroatoms. The number of nitrogens with zero attached hydrogens (tertiary/aromatic N) is 3. The summed E-state index contributed by atoms with van der Waals surface area (Å²) >= 11 is 0. The Morgan fingerprint density at radius 3 is 2.61 bits per heavy atom. The third kappa shape index (κ3) is 4.40. The van der Waals surface area contributed by atoms with Gasteiger partial charge in [0.05, 0.1) is 0 Å². The Morgan fingerprint density at radius 2 is 1.87 bits per heavy atom. The van der Waals surface area contributed by atoms with Crippen LogP contribution < -0.4 is 15.5 Å². The van der Waals surface area contributed by atoms with E-state index >= 15 is 0 Å². The standard InChI is InChI=1S/C24H29N5O2/c30-23(25-12-8-16-4-2-1-3-5-16)18-10-14-29(15-11-18)22-19-9-13-26-24(31)20(19)27-21(28-22)17-6-7-17/h1-5,17-18H,6-15H2,(H,25,30)(H,26,31). The Hall–Kier alpha value is -2.96. The molecule has 1 aliphatic carbocycles. The molecule has 162 valence electrons. The monoisotopic (exact) mass is 419 g/mol. The average Bonchev–Trinajstić information content (AvgIpc) is 3.65.